The maximum Gasteiger partial charge on any atom is 0.119 e. The second-order valence-electron chi connectivity index (χ2n) is 3.70. The third kappa shape index (κ3) is 1.05. The zero-order valence-electron chi connectivity index (χ0n) is 7.58. The third-order valence-electron chi connectivity index (χ3n) is 2.65. The summed E-state index contributed by atoms with van der Waals surface area (Å²) < 4.78 is 5.54. The molecule has 64 valence electrons. The average Bonchev–Trinajstić information content (AvgIpc) is 2.86. The largest absolute Gasteiger partial charge is 0.364 e. The topological polar surface area (TPSA) is 12.5 Å². The van der Waals surface area contributed by atoms with Crippen LogP contribution >= 0.6 is 0 Å². The normalized spacial score (nSPS) is 27.6. The molecular weight excluding hydrogens is 148 g/mol. The zero-order chi connectivity index (χ0) is 8.60. The summed E-state index contributed by atoms with van der Waals surface area (Å²) >= 11 is 0. The van der Waals surface area contributed by atoms with Crippen molar-refractivity contribution >= 4 is 0 Å². The summed E-state index contributed by atoms with van der Waals surface area (Å²) in [5.41, 5.74) is 1.36. The van der Waals surface area contributed by atoms with Gasteiger partial charge in [-0.2, -0.15) is 0 Å². The van der Waals surface area contributed by atoms with Crippen LogP contribution in [0, 0.1) is 5.92 Å². The highest BCUT2D eigenvalue weighted by Gasteiger charge is 2.48. The molecule has 0 bridgehead atoms. The van der Waals surface area contributed by atoms with E-state index in [4.69, 9.17) is 4.74 Å². The molecule has 1 fully saturated rings. The van der Waals surface area contributed by atoms with Crippen LogP contribution < -0.4 is 0 Å². The Morgan fingerprint density at radius 3 is 2.25 bits per heavy atom. The maximum atomic E-state index is 5.54. The van der Waals surface area contributed by atoms with E-state index in [1.165, 1.54) is 5.56 Å². The first-order valence-corrected chi connectivity index (χ1v) is 4.45. The fourth-order valence-corrected chi connectivity index (χ4v) is 1.63. The van der Waals surface area contributed by atoms with Crippen LogP contribution in [0.4, 0.5) is 0 Å². The highest BCUT2D eigenvalue weighted by atomic mass is 16.6. The molecule has 0 aromatic heterocycles. The van der Waals surface area contributed by atoms with E-state index in [-0.39, 0.29) is 5.60 Å². The first kappa shape index (κ1) is 7.81. The number of hydrogen-bond acceptors (Lipinski definition) is 1. The van der Waals surface area contributed by atoms with Gasteiger partial charge in [-0.15, -0.1) is 0 Å². The molecule has 1 heterocycles. The minimum absolute atomic E-state index is 0.0429. The molecule has 1 aromatic carbocycles. The molecule has 0 N–H and O–H groups in total. The first-order chi connectivity index (χ1) is 5.76. The van der Waals surface area contributed by atoms with Crippen molar-refractivity contribution in [1.82, 2.24) is 0 Å². The van der Waals surface area contributed by atoms with Crippen LogP contribution in [-0.2, 0) is 10.3 Å². The summed E-state index contributed by atoms with van der Waals surface area (Å²) in [5.74, 6) is 0.569. The molecule has 1 nitrogen and oxygen atoms in total. The van der Waals surface area contributed by atoms with Gasteiger partial charge in [0.2, 0.25) is 0 Å². The molecule has 0 amide bonds. The molecule has 12 heavy (non-hydrogen) atoms. The number of ether oxygens (including phenoxy) is 1. The number of benzene rings is 1. The molecule has 1 aromatic rings. The summed E-state index contributed by atoms with van der Waals surface area (Å²) in [5, 5.41) is 0. The van der Waals surface area contributed by atoms with Crippen LogP contribution in [0.3, 0.4) is 0 Å². The van der Waals surface area contributed by atoms with Crippen LogP contribution in [0.5, 0.6) is 0 Å². The summed E-state index contributed by atoms with van der Waals surface area (Å²) in [6.45, 7) is 5.30. The highest BCUT2D eigenvalue weighted by Crippen LogP contribution is 2.44. The summed E-state index contributed by atoms with van der Waals surface area (Å²) in [6.07, 6.45) is 0. The van der Waals surface area contributed by atoms with Crippen molar-refractivity contribution in [2.24, 2.45) is 5.92 Å². The lowest BCUT2D eigenvalue weighted by atomic mass is 9.89. The van der Waals surface area contributed by atoms with Gasteiger partial charge in [0, 0.05) is 0 Å². The Morgan fingerprint density at radius 2 is 1.83 bits per heavy atom. The molecule has 0 spiro atoms. The minimum atomic E-state index is 0.0429. The highest BCUT2D eigenvalue weighted by molar-refractivity contribution is 5.27. The van der Waals surface area contributed by atoms with Crippen LogP contribution in [0.25, 0.3) is 0 Å². The van der Waals surface area contributed by atoms with Gasteiger partial charge in [0.25, 0.3) is 0 Å². The Kier molecular flexibility index (Phi) is 1.69. The predicted octanol–water partition coefficient (Wildman–Crippen LogP) is 2.57. The van der Waals surface area contributed by atoms with Crippen molar-refractivity contribution in [3.05, 3.63) is 35.9 Å². The standard InChI is InChI=1S/C11H14O/c1-9(2)11(8-12-11)10-6-4-3-5-7-10/h3-7,9H,8H2,1-2H3/t11-/m1/s1. The summed E-state index contributed by atoms with van der Waals surface area (Å²) in [6, 6.07) is 10.5. The van der Waals surface area contributed by atoms with E-state index >= 15 is 0 Å². The lowest BCUT2D eigenvalue weighted by Crippen LogP contribution is -2.16. The third-order valence-corrected chi connectivity index (χ3v) is 2.65. The molecule has 1 saturated heterocycles. The van der Waals surface area contributed by atoms with Gasteiger partial charge in [0.15, 0.2) is 0 Å². The van der Waals surface area contributed by atoms with Crippen molar-refractivity contribution in [2.75, 3.05) is 6.61 Å². The second kappa shape index (κ2) is 2.60. The van der Waals surface area contributed by atoms with Crippen molar-refractivity contribution in [2.45, 2.75) is 19.4 Å². The molecule has 1 aliphatic heterocycles. The van der Waals surface area contributed by atoms with Crippen molar-refractivity contribution < 1.29 is 4.74 Å². The van der Waals surface area contributed by atoms with Crippen molar-refractivity contribution in [3.8, 4) is 0 Å². The molecular formula is C11H14O. The molecule has 0 radical (unpaired) electrons. The van der Waals surface area contributed by atoms with E-state index in [0.29, 0.717) is 5.92 Å². The Hall–Kier alpha value is -0.820. The summed E-state index contributed by atoms with van der Waals surface area (Å²) in [7, 11) is 0. The Bertz CT molecular complexity index is 260. The fourth-order valence-electron chi connectivity index (χ4n) is 1.63. The monoisotopic (exact) mass is 162 g/mol. The lowest BCUT2D eigenvalue weighted by Gasteiger charge is -2.15. The Balaban J connectivity index is 2.31. The Labute approximate surface area is 73.4 Å². The molecule has 0 aliphatic carbocycles. The van der Waals surface area contributed by atoms with Crippen LogP contribution in [0.1, 0.15) is 19.4 Å². The molecule has 0 saturated carbocycles. The molecule has 1 heteroatoms. The van der Waals surface area contributed by atoms with Crippen LogP contribution in [0.15, 0.2) is 30.3 Å². The molecule has 1 aliphatic rings. The van der Waals surface area contributed by atoms with Gasteiger partial charge >= 0.3 is 0 Å². The van der Waals surface area contributed by atoms with Gasteiger partial charge in [-0.1, -0.05) is 44.2 Å². The number of hydrogen-bond donors (Lipinski definition) is 0. The molecule has 1 atom stereocenters. The Morgan fingerprint density at radius 1 is 1.25 bits per heavy atom. The van der Waals surface area contributed by atoms with E-state index in [1.54, 1.807) is 0 Å². The van der Waals surface area contributed by atoms with E-state index in [0.717, 1.165) is 6.61 Å². The number of rotatable bonds is 2. The maximum absolute atomic E-state index is 5.54. The predicted molar refractivity (Wildman–Crippen MR) is 48.9 cm³/mol. The molecule has 0 unspecified atom stereocenters. The van der Waals surface area contributed by atoms with Crippen LogP contribution in [-0.4, -0.2) is 6.61 Å². The SMILES string of the molecule is CC(C)[C@@]1(c2ccccc2)CO1. The fraction of sp³-hybridized carbons (Fsp3) is 0.455. The van der Waals surface area contributed by atoms with Gasteiger partial charge in [0.05, 0.1) is 6.61 Å². The quantitative estimate of drug-likeness (QED) is 0.609. The minimum Gasteiger partial charge on any atom is -0.364 e. The lowest BCUT2D eigenvalue weighted by molar-refractivity contribution is 0.242. The van der Waals surface area contributed by atoms with E-state index in [1.807, 2.05) is 6.07 Å². The van der Waals surface area contributed by atoms with E-state index in [9.17, 15) is 0 Å². The van der Waals surface area contributed by atoms with E-state index < -0.39 is 0 Å². The van der Waals surface area contributed by atoms with Gasteiger partial charge < -0.3 is 4.74 Å². The van der Waals surface area contributed by atoms with Gasteiger partial charge in [-0.05, 0) is 11.5 Å². The van der Waals surface area contributed by atoms with E-state index in [2.05, 4.69) is 38.1 Å². The van der Waals surface area contributed by atoms with Crippen molar-refractivity contribution in [1.29, 1.82) is 0 Å². The summed E-state index contributed by atoms with van der Waals surface area (Å²) in [4.78, 5) is 0. The van der Waals surface area contributed by atoms with Gasteiger partial charge in [-0.3, -0.25) is 0 Å². The second-order valence-corrected chi connectivity index (χ2v) is 3.70. The zero-order valence-corrected chi connectivity index (χ0v) is 7.58. The smallest absolute Gasteiger partial charge is 0.119 e. The van der Waals surface area contributed by atoms with Crippen molar-refractivity contribution in [3.63, 3.8) is 0 Å². The van der Waals surface area contributed by atoms with Gasteiger partial charge in [-0.25, -0.2) is 0 Å². The van der Waals surface area contributed by atoms with Crippen LogP contribution in [0.2, 0.25) is 0 Å². The number of epoxide rings is 1. The first-order valence-electron chi connectivity index (χ1n) is 4.45. The molecule has 2 rings (SSSR count). The average molecular weight is 162 g/mol. The van der Waals surface area contributed by atoms with Gasteiger partial charge in [0.1, 0.15) is 5.60 Å².